The van der Waals surface area contributed by atoms with Crippen molar-refractivity contribution in [2.75, 3.05) is 6.61 Å². The maximum absolute atomic E-state index is 10.2. The lowest BCUT2D eigenvalue weighted by Gasteiger charge is -2.36. The third-order valence-electron chi connectivity index (χ3n) is 4.95. The van der Waals surface area contributed by atoms with Crippen LogP contribution in [-0.2, 0) is 9.16 Å². The lowest BCUT2D eigenvalue weighted by Crippen LogP contribution is -2.41. The highest BCUT2D eigenvalue weighted by Gasteiger charge is 2.45. The lowest BCUT2D eigenvalue weighted by atomic mass is 10.0. The third kappa shape index (κ3) is 4.41. The molecule has 0 spiro atoms. The molecular weight excluding hydrogens is 292 g/mol. The predicted molar refractivity (Wildman–Crippen MR) is 92.4 cm³/mol. The fraction of sp³-hybridized carbons (Fsp3) is 0.667. The molecule has 1 aromatic carbocycles. The molecule has 2 rings (SSSR count). The van der Waals surface area contributed by atoms with Crippen LogP contribution in [0.4, 0.5) is 0 Å². The predicted octanol–water partition coefficient (Wildman–Crippen LogP) is 4.29. The van der Waals surface area contributed by atoms with Gasteiger partial charge in [0.2, 0.25) is 0 Å². The highest BCUT2D eigenvalue weighted by molar-refractivity contribution is 6.74. The van der Waals surface area contributed by atoms with Crippen molar-refractivity contribution in [3.05, 3.63) is 35.9 Å². The maximum Gasteiger partial charge on any atom is 0.191 e. The van der Waals surface area contributed by atoms with E-state index in [1.807, 2.05) is 18.2 Å². The summed E-state index contributed by atoms with van der Waals surface area (Å²) >= 11 is 0. The smallest absolute Gasteiger partial charge is 0.191 e. The summed E-state index contributed by atoms with van der Waals surface area (Å²) < 4.78 is 11.8. The minimum atomic E-state index is -1.67. The second-order valence-electron chi connectivity index (χ2n) is 7.75. The summed E-state index contributed by atoms with van der Waals surface area (Å²) in [6, 6.07) is 10.1. The number of hydrogen-bond donors (Lipinski definition) is 1. The van der Waals surface area contributed by atoms with Gasteiger partial charge < -0.3 is 14.3 Å². The molecule has 1 N–H and O–H groups in total. The van der Waals surface area contributed by atoms with Gasteiger partial charge in [0.1, 0.15) is 12.2 Å². The van der Waals surface area contributed by atoms with Gasteiger partial charge >= 0.3 is 0 Å². The van der Waals surface area contributed by atoms with Crippen LogP contribution in [0.2, 0.25) is 18.1 Å². The normalized spacial score (nSPS) is 23.4. The molecule has 1 fully saturated rings. The van der Waals surface area contributed by atoms with Crippen molar-refractivity contribution >= 4 is 8.32 Å². The molecule has 0 aromatic heterocycles. The maximum atomic E-state index is 10.2. The Labute approximate surface area is 135 Å². The molecule has 3 nitrogen and oxygen atoms in total. The summed E-state index contributed by atoms with van der Waals surface area (Å²) in [5, 5.41) is 10.5. The average molecular weight is 323 g/mol. The van der Waals surface area contributed by atoms with Crippen molar-refractivity contribution in [1.29, 1.82) is 0 Å². The van der Waals surface area contributed by atoms with Gasteiger partial charge in [0, 0.05) is 6.61 Å². The minimum absolute atomic E-state index is 0.0460. The largest absolute Gasteiger partial charge is 0.417 e. The third-order valence-corrected chi connectivity index (χ3v) is 9.48. The van der Waals surface area contributed by atoms with Crippen molar-refractivity contribution in [2.24, 2.45) is 0 Å². The summed E-state index contributed by atoms with van der Waals surface area (Å²) in [4.78, 5) is 0. The monoisotopic (exact) mass is 322 g/mol. The summed E-state index contributed by atoms with van der Waals surface area (Å²) in [5.74, 6) is 0. The number of rotatable bonds is 7. The summed E-state index contributed by atoms with van der Waals surface area (Å²) in [6.45, 7) is 12.0. The molecule has 22 heavy (non-hydrogen) atoms. The van der Waals surface area contributed by atoms with E-state index >= 15 is 0 Å². The molecule has 1 aliphatic heterocycles. The minimum Gasteiger partial charge on any atom is -0.417 e. The van der Waals surface area contributed by atoms with E-state index in [0.717, 1.165) is 25.0 Å². The van der Waals surface area contributed by atoms with Crippen molar-refractivity contribution in [3.8, 4) is 0 Å². The highest BCUT2D eigenvalue weighted by Crippen LogP contribution is 2.41. The molecule has 1 saturated heterocycles. The average Bonchev–Trinajstić information content (AvgIpc) is 3.23. The Balaban J connectivity index is 1.69. The van der Waals surface area contributed by atoms with E-state index in [4.69, 9.17) is 9.16 Å². The highest BCUT2D eigenvalue weighted by atomic mass is 28.4. The van der Waals surface area contributed by atoms with E-state index in [1.54, 1.807) is 0 Å². The van der Waals surface area contributed by atoms with Crippen molar-refractivity contribution in [3.63, 3.8) is 0 Å². The fourth-order valence-electron chi connectivity index (χ4n) is 2.33. The van der Waals surface area contributed by atoms with E-state index in [2.05, 4.69) is 46.0 Å². The quantitative estimate of drug-likeness (QED) is 0.462. The molecule has 0 radical (unpaired) electrons. The first-order valence-electron chi connectivity index (χ1n) is 8.25. The zero-order valence-corrected chi connectivity index (χ0v) is 15.5. The molecule has 1 heterocycles. The van der Waals surface area contributed by atoms with Crippen LogP contribution < -0.4 is 0 Å². The second kappa shape index (κ2) is 6.83. The Morgan fingerprint density at radius 2 is 1.86 bits per heavy atom. The van der Waals surface area contributed by atoms with Gasteiger partial charge in [-0.2, -0.15) is 0 Å². The summed E-state index contributed by atoms with van der Waals surface area (Å²) in [7, 11) is -1.67. The van der Waals surface area contributed by atoms with Crippen molar-refractivity contribution in [1.82, 2.24) is 0 Å². The number of benzene rings is 1. The molecule has 1 aromatic rings. The molecule has 0 amide bonds. The van der Waals surface area contributed by atoms with Gasteiger partial charge in [-0.1, -0.05) is 51.1 Å². The zero-order chi connectivity index (χ0) is 16.4. The Morgan fingerprint density at radius 3 is 2.45 bits per heavy atom. The van der Waals surface area contributed by atoms with Gasteiger partial charge in [-0.25, -0.2) is 0 Å². The standard InChI is InChI=1S/C18H30O3Si/c1-18(2,3)22(4,5)20-13-9-12-15(19)17-16(21-17)14-10-7-6-8-11-14/h6-8,10-11,15-17,19H,9,12-13H2,1-5H3/t15-,16-,17+/m1/s1. The molecule has 3 atom stereocenters. The molecule has 0 bridgehead atoms. The Morgan fingerprint density at radius 1 is 1.23 bits per heavy atom. The van der Waals surface area contributed by atoms with Gasteiger partial charge in [0.25, 0.3) is 0 Å². The molecule has 0 saturated carbocycles. The first-order valence-corrected chi connectivity index (χ1v) is 11.2. The van der Waals surface area contributed by atoms with Gasteiger partial charge in [0.05, 0.1) is 6.10 Å². The van der Waals surface area contributed by atoms with E-state index < -0.39 is 14.4 Å². The Hall–Kier alpha value is -0.683. The van der Waals surface area contributed by atoms with E-state index in [-0.39, 0.29) is 17.2 Å². The summed E-state index contributed by atoms with van der Waals surface area (Å²) in [5.41, 5.74) is 1.16. The lowest BCUT2D eigenvalue weighted by molar-refractivity contribution is 0.117. The number of epoxide rings is 1. The number of aliphatic hydroxyl groups excluding tert-OH is 1. The first-order chi connectivity index (χ1) is 10.2. The van der Waals surface area contributed by atoms with Gasteiger partial charge in [-0.3, -0.25) is 0 Å². The van der Waals surface area contributed by atoms with Crippen LogP contribution >= 0.6 is 0 Å². The Bertz CT molecular complexity index is 467. The van der Waals surface area contributed by atoms with Crippen LogP contribution in [0.3, 0.4) is 0 Å². The topological polar surface area (TPSA) is 42.0 Å². The number of ether oxygens (including phenoxy) is 1. The molecule has 1 aliphatic rings. The Kier molecular flexibility index (Phi) is 5.48. The van der Waals surface area contributed by atoms with Gasteiger partial charge in [0.15, 0.2) is 8.32 Å². The van der Waals surface area contributed by atoms with Crippen LogP contribution in [0.25, 0.3) is 0 Å². The van der Waals surface area contributed by atoms with E-state index in [0.29, 0.717) is 0 Å². The van der Waals surface area contributed by atoms with Crippen LogP contribution in [0.1, 0.15) is 45.3 Å². The molecule has 0 unspecified atom stereocenters. The van der Waals surface area contributed by atoms with E-state index in [9.17, 15) is 5.11 Å². The summed E-state index contributed by atoms with van der Waals surface area (Å²) in [6.07, 6.45) is 1.25. The van der Waals surface area contributed by atoms with Crippen LogP contribution in [-0.4, -0.2) is 32.2 Å². The van der Waals surface area contributed by atoms with Crippen molar-refractivity contribution in [2.45, 2.75) is 70.1 Å². The van der Waals surface area contributed by atoms with E-state index in [1.165, 1.54) is 0 Å². The second-order valence-corrected chi connectivity index (χ2v) is 12.6. The van der Waals surface area contributed by atoms with Gasteiger partial charge in [-0.05, 0) is 36.5 Å². The molecule has 4 heteroatoms. The first kappa shape index (κ1) is 17.7. The van der Waals surface area contributed by atoms with Crippen LogP contribution in [0.5, 0.6) is 0 Å². The fourth-order valence-corrected chi connectivity index (χ4v) is 3.42. The van der Waals surface area contributed by atoms with Gasteiger partial charge in [-0.15, -0.1) is 0 Å². The molecule has 124 valence electrons. The zero-order valence-electron chi connectivity index (χ0n) is 14.5. The molecule has 0 aliphatic carbocycles. The van der Waals surface area contributed by atoms with Crippen LogP contribution in [0.15, 0.2) is 30.3 Å². The number of hydrogen-bond acceptors (Lipinski definition) is 3. The molecular formula is C18H30O3Si. The number of aliphatic hydroxyl groups is 1. The van der Waals surface area contributed by atoms with Crippen molar-refractivity contribution < 1.29 is 14.3 Å². The SMILES string of the molecule is CC(C)(C)[Si](C)(C)OCCC[C@@H](O)[C@@H]1O[C@@H]1c1ccccc1. The van der Waals surface area contributed by atoms with Crippen LogP contribution in [0, 0.1) is 0 Å².